The fourth-order valence-corrected chi connectivity index (χ4v) is 4.53. The molecule has 0 amide bonds. The lowest BCUT2D eigenvalue weighted by Crippen LogP contribution is -2.05. The zero-order valence-corrected chi connectivity index (χ0v) is 17.4. The lowest BCUT2D eigenvalue weighted by atomic mass is 10.2. The molecule has 1 aromatic carbocycles. The van der Waals surface area contributed by atoms with Crippen LogP contribution in [0.25, 0.3) is 11.4 Å². The van der Waals surface area contributed by atoms with Crippen LogP contribution < -0.4 is 5.09 Å². The second-order valence-corrected chi connectivity index (χ2v) is 8.83. The first-order chi connectivity index (χ1) is 13.7. The molecule has 154 valence electrons. The van der Waals surface area contributed by atoms with Crippen LogP contribution in [0.1, 0.15) is 18.5 Å². The number of rotatable bonds is 8. The van der Waals surface area contributed by atoms with Crippen LogP contribution in [0, 0.1) is 0 Å². The van der Waals surface area contributed by atoms with Gasteiger partial charge in [0.15, 0.2) is 0 Å². The average Bonchev–Trinajstić information content (AvgIpc) is 3.15. The van der Waals surface area contributed by atoms with Crippen LogP contribution in [0.15, 0.2) is 47.1 Å². The molecule has 2 heterocycles. The maximum absolute atomic E-state index is 13.2. The Balaban J connectivity index is 1.78. The molecule has 0 saturated carbocycles. The Morgan fingerprint density at radius 1 is 1.28 bits per heavy atom. The minimum absolute atomic E-state index is 0.0242. The van der Waals surface area contributed by atoms with Crippen molar-refractivity contribution in [3.05, 3.63) is 59.2 Å². The molecule has 0 saturated heterocycles. The van der Waals surface area contributed by atoms with Crippen molar-refractivity contribution in [1.82, 2.24) is 15.1 Å². The predicted octanol–water partition coefficient (Wildman–Crippen LogP) is 5.91. The average molecular weight is 463 g/mol. The van der Waals surface area contributed by atoms with Gasteiger partial charge in [0.05, 0.1) is 29.2 Å². The molecule has 0 radical (unpaired) electrons. The standard InChI is InChI=1S/C17H15Cl2F2N4O3P/c1-2-27-29(26,25-14-6-4-3-5-13(14)18)10-12-8-7-11(9-22-12)15-23-16(28-24-15)17(19,20)21/h3-9H,2,10H2,1H3,(H,25,26). The molecular formula is C17H15Cl2F2N4O3P. The molecule has 3 rings (SSSR count). The van der Waals surface area contributed by atoms with Crippen molar-refractivity contribution in [2.45, 2.75) is 18.5 Å². The van der Waals surface area contributed by atoms with Crippen LogP contribution in [0.4, 0.5) is 14.5 Å². The van der Waals surface area contributed by atoms with E-state index in [1.165, 1.54) is 12.3 Å². The maximum Gasteiger partial charge on any atom is 0.400 e. The smallest absolute Gasteiger partial charge is 0.331 e. The van der Waals surface area contributed by atoms with E-state index in [1.807, 2.05) is 0 Å². The molecule has 3 aromatic rings. The van der Waals surface area contributed by atoms with Gasteiger partial charge in [-0.2, -0.15) is 13.8 Å². The highest BCUT2D eigenvalue weighted by atomic mass is 35.5. The summed E-state index contributed by atoms with van der Waals surface area (Å²) in [7, 11) is -3.36. The van der Waals surface area contributed by atoms with Gasteiger partial charge in [0.1, 0.15) is 0 Å². The summed E-state index contributed by atoms with van der Waals surface area (Å²) < 4.78 is 49.1. The molecule has 7 nitrogen and oxygen atoms in total. The van der Waals surface area contributed by atoms with Gasteiger partial charge in [-0.05, 0) is 42.8 Å². The van der Waals surface area contributed by atoms with Gasteiger partial charge in [-0.1, -0.05) is 28.9 Å². The number of hydrogen-bond acceptors (Lipinski definition) is 6. The van der Waals surface area contributed by atoms with Crippen LogP contribution in [0.3, 0.4) is 0 Å². The van der Waals surface area contributed by atoms with Crippen molar-refractivity contribution in [1.29, 1.82) is 0 Å². The quantitative estimate of drug-likeness (QED) is 0.328. The van der Waals surface area contributed by atoms with Crippen LogP contribution >= 0.6 is 30.7 Å². The number of halogens is 4. The molecule has 29 heavy (non-hydrogen) atoms. The minimum Gasteiger partial charge on any atom is -0.331 e. The normalized spacial score (nSPS) is 13.8. The van der Waals surface area contributed by atoms with Gasteiger partial charge in [0, 0.05) is 11.8 Å². The summed E-state index contributed by atoms with van der Waals surface area (Å²) in [5.74, 6) is -1.11. The molecule has 0 bridgehead atoms. The number of pyridine rings is 1. The van der Waals surface area contributed by atoms with Crippen molar-refractivity contribution in [3.8, 4) is 11.4 Å². The van der Waals surface area contributed by atoms with Crippen molar-refractivity contribution >= 4 is 36.4 Å². The summed E-state index contributed by atoms with van der Waals surface area (Å²) in [6.07, 6.45) is 1.33. The Bertz CT molecular complexity index is 1030. The molecular weight excluding hydrogens is 448 g/mol. The first-order valence-electron chi connectivity index (χ1n) is 8.33. The number of anilines is 1. The Kier molecular flexibility index (Phi) is 6.53. The monoisotopic (exact) mass is 462 g/mol. The highest BCUT2D eigenvalue weighted by Crippen LogP contribution is 2.50. The molecule has 1 N–H and O–H groups in total. The van der Waals surface area contributed by atoms with Crippen molar-refractivity contribution in [2.75, 3.05) is 11.7 Å². The summed E-state index contributed by atoms with van der Waals surface area (Å²) in [6.45, 7) is 1.93. The second kappa shape index (κ2) is 8.75. The maximum atomic E-state index is 13.2. The Morgan fingerprint density at radius 2 is 2.03 bits per heavy atom. The molecule has 0 aliphatic rings. The van der Waals surface area contributed by atoms with Gasteiger partial charge in [-0.25, -0.2) is 0 Å². The van der Waals surface area contributed by atoms with Gasteiger partial charge < -0.3 is 14.1 Å². The third kappa shape index (κ3) is 5.51. The van der Waals surface area contributed by atoms with Crippen LogP contribution in [0.5, 0.6) is 0 Å². The fourth-order valence-electron chi connectivity index (χ4n) is 2.38. The van der Waals surface area contributed by atoms with E-state index < -0.39 is 18.8 Å². The van der Waals surface area contributed by atoms with Crippen molar-refractivity contribution in [3.63, 3.8) is 0 Å². The molecule has 0 spiro atoms. The lowest BCUT2D eigenvalue weighted by Gasteiger charge is -2.20. The van der Waals surface area contributed by atoms with E-state index in [9.17, 15) is 13.3 Å². The van der Waals surface area contributed by atoms with Gasteiger partial charge in [-0.3, -0.25) is 9.55 Å². The molecule has 0 aliphatic heterocycles. The van der Waals surface area contributed by atoms with Crippen LogP contribution in [-0.4, -0.2) is 21.7 Å². The third-order valence-corrected chi connectivity index (χ3v) is 6.11. The van der Waals surface area contributed by atoms with Gasteiger partial charge in [0.2, 0.25) is 5.82 Å². The molecule has 1 unspecified atom stereocenters. The molecule has 0 aliphatic carbocycles. The highest BCUT2D eigenvalue weighted by Gasteiger charge is 2.35. The molecule has 12 heteroatoms. The summed E-state index contributed by atoms with van der Waals surface area (Å²) in [5, 5.41) is 2.96. The highest BCUT2D eigenvalue weighted by molar-refractivity contribution is 7.59. The lowest BCUT2D eigenvalue weighted by molar-refractivity contribution is 0.0551. The van der Waals surface area contributed by atoms with Crippen LogP contribution in [0.2, 0.25) is 5.02 Å². The predicted molar refractivity (Wildman–Crippen MR) is 105 cm³/mol. The number of benzene rings is 1. The third-order valence-electron chi connectivity index (χ3n) is 3.62. The number of nitrogens with one attached hydrogen (secondary N) is 1. The molecule has 1 atom stereocenters. The van der Waals surface area contributed by atoms with Crippen LogP contribution in [-0.2, 0) is 20.6 Å². The van der Waals surface area contributed by atoms with E-state index in [4.69, 9.17) is 27.7 Å². The largest absolute Gasteiger partial charge is 0.400 e. The second-order valence-electron chi connectivity index (χ2n) is 5.80. The Hall–Kier alpha value is -2.06. The van der Waals surface area contributed by atoms with E-state index >= 15 is 0 Å². The first-order valence-corrected chi connectivity index (χ1v) is 10.9. The number of nitrogens with zero attached hydrogens (tertiary/aromatic N) is 3. The topological polar surface area (TPSA) is 90.1 Å². The molecule has 2 aromatic heterocycles. The summed E-state index contributed by atoms with van der Waals surface area (Å²) >= 11 is 11.0. The van der Waals surface area contributed by atoms with Gasteiger partial charge >= 0.3 is 11.3 Å². The number of para-hydroxylation sites is 1. The Labute approximate surface area is 174 Å². The van der Waals surface area contributed by atoms with Crippen molar-refractivity contribution < 1.29 is 22.4 Å². The Morgan fingerprint density at radius 3 is 2.62 bits per heavy atom. The van der Waals surface area contributed by atoms with Crippen molar-refractivity contribution in [2.24, 2.45) is 0 Å². The first kappa shape index (κ1) is 21.6. The fraction of sp³-hybridized carbons (Fsp3) is 0.235. The van der Waals surface area contributed by atoms with E-state index in [-0.39, 0.29) is 18.6 Å². The number of alkyl halides is 3. The number of hydrogen-bond donors (Lipinski definition) is 1. The van der Waals surface area contributed by atoms with Gasteiger partial charge in [0.25, 0.3) is 7.52 Å². The molecule has 0 fully saturated rings. The van der Waals surface area contributed by atoms with Gasteiger partial charge in [-0.15, -0.1) is 0 Å². The van der Waals surface area contributed by atoms with E-state index in [0.717, 1.165) is 0 Å². The van der Waals surface area contributed by atoms with E-state index in [2.05, 4.69) is 24.7 Å². The minimum atomic E-state index is -3.76. The SMILES string of the molecule is CCOP(=O)(Cc1ccc(-c2noc(C(F)(F)Cl)n2)cn1)Nc1ccccc1Cl. The summed E-state index contributed by atoms with van der Waals surface area (Å²) in [4.78, 5) is 7.74. The van der Waals surface area contributed by atoms with E-state index in [1.54, 1.807) is 37.3 Å². The number of aromatic nitrogens is 3. The zero-order chi connectivity index (χ0) is 21.1. The van der Waals surface area contributed by atoms with E-state index in [0.29, 0.717) is 22.0 Å². The summed E-state index contributed by atoms with van der Waals surface area (Å²) in [5.41, 5.74) is 1.25. The summed E-state index contributed by atoms with van der Waals surface area (Å²) in [6, 6.07) is 9.95. The zero-order valence-electron chi connectivity index (χ0n) is 15.0.